The quantitative estimate of drug-likeness (QED) is 0.147. The third-order valence-corrected chi connectivity index (χ3v) is 3.23. The summed E-state index contributed by atoms with van der Waals surface area (Å²) in [4.78, 5) is 4.26. The Balaban J connectivity index is 0.00000326. The van der Waals surface area contributed by atoms with Crippen molar-refractivity contribution >= 4 is 24.7 Å². The molecule has 0 bridgehead atoms. The summed E-state index contributed by atoms with van der Waals surface area (Å²) in [6, 6.07) is 10.4. The van der Waals surface area contributed by atoms with Crippen molar-refractivity contribution in [2.24, 2.45) is 15.8 Å². The third-order valence-electron chi connectivity index (χ3n) is 3.01. The Morgan fingerprint density at radius 1 is 1.19 bits per heavy atom. The van der Waals surface area contributed by atoms with Gasteiger partial charge >= 0.3 is 0 Å². The Bertz CT molecular complexity index is 637. The fourth-order valence-electron chi connectivity index (χ4n) is 1.79. The lowest BCUT2D eigenvalue weighted by molar-refractivity contribution is 0.245. The normalized spacial score (nSPS) is 11.9. The van der Waals surface area contributed by atoms with Crippen LogP contribution in [0.4, 0.5) is 0 Å². The van der Waals surface area contributed by atoms with E-state index in [2.05, 4.69) is 46.8 Å². The first-order valence-corrected chi connectivity index (χ1v) is 8.92. The number of hydrogen-bond donors (Lipinski definition) is 1. The molecule has 1 rings (SSSR count). The Labute approximate surface area is 168 Å². The van der Waals surface area contributed by atoms with Crippen molar-refractivity contribution in [1.82, 2.24) is 4.53 Å². The number of hydrazone groups is 1. The van der Waals surface area contributed by atoms with Crippen LogP contribution in [-0.4, -0.2) is 31.1 Å². The Kier molecular flexibility index (Phi) is 16.4. The van der Waals surface area contributed by atoms with Crippen molar-refractivity contribution in [2.45, 2.75) is 19.8 Å². The topological polar surface area (TPSA) is 63.2 Å². The lowest BCUT2D eigenvalue weighted by Crippen LogP contribution is -1.91. The maximum absolute atomic E-state index is 5.58. The second kappa shape index (κ2) is 18.2. The molecule has 1 aromatic carbocycles. The minimum Gasteiger partial charge on any atom is -0.501 e. The van der Waals surface area contributed by atoms with Crippen LogP contribution in [0.1, 0.15) is 18.9 Å². The second-order valence-corrected chi connectivity index (χ2v) is 5.38. The van der Waals surface area contributed by atoms with Crippen LogP contribution in [0, 0.1) is 0 Å². The fraction of sp³-hybridized carbons (Fsp3) is 0.238. The molecule has 0 atom stereocenters. The number of ether oxygens (including phenoxy) is 1. The number of halogens is 1. The molecule has 0 heterocycles. The number of allylic oxidation sites excluding steroid dienone is 6. The second-order valence-electron chi connectivity index (χ2n) is 5.03. The third kappa shape index (κ3) is 15.3. The highest BCUT2D eigenvalue weighted by atomic mass is 35.5. The predicted octanol–water partition coefficient (Wildman–Crippen LogP) is 4.84. The van der Waals surface area contributed by atoms with Crippen LogP contribution in [0.5, 0.6) is 0 Å². The molecule has 1 aromatic rings. The Morgan fingerprint density at radius 2 is 1.93 bits per heavy atom. The van der Waals surface area contributed by atoms with E-state index in [0.29, 0.717) is 6.61 Å². The molecule has 0 fully saturated rings. The van der Waals surface area contributed by atoms with Gasteiger partial charge in [0.05, 0.1) is 12.9 Å². The van der Waals surface area contributed by atoms with E-state index in [1.54, 1.807) is 36.9 Å². The van der Waals surface area contributed by atoms with E-state index in [1.807, 2.05) is 25.1 Å². The summed E-state index contributed by atoms with van der Waals surface area (Å²) < 4.78 is 6.56. The molecule has 0 amide bonds. The molecule has 6 heteroatoms. The average Bonchev–Trinajstić information content (AvgIpc) is 2.71. The molecule has 0 saturated carbocycles. The molecule has 0 aliphatic carbocycles. The molecule has 0 aliphatic rings. The summed E-state index contributed by atoms with van der Waals surface area (Å²) in [7, 11) is 1.50. The number of hydrogen-bond acceptors (Lipinski definition) is 5. The van der Waals surface area contributed by atoms with Crippen molar-refractivity contribution in [3.63, 3.8) is 0 Å². The lowest BCUT2D eigenvalue weighted by Gasteiger charge is -2.01. The number of aryl methyl sites for hydroxylation is 1. The van der Waals surface area contributed by atoms with Gasteiger partial charge in [0.1, 0.15) is 0 Å². The van der Waals surface area contributed by atoms with Crippen molar-refractivity contribution in [3.8, 4) is 0 Å². The van der Waals surface area contributed by atoms with Gasteiger partial charge in [-0.1, -0.05) is 36.4 Å². The van der Waals surface area contributed by atoms with Gasteiger partial charge in [-0.15, -0.1) is 0 Å². The summed E-state index contributed by atoms with van der Waals surface area (Å²) in [6.45, 7) is 5.90. The van der Waals surface area contributed by atoms with Gasteiger partial charge in [0.25, 0.3) is 0 Å². The van der Waals surface area contributed by atoms with Gasteiger partial charge in [0.15, 0.2) is 0 Å². The SMILES string of the molecule is C=NN(Cl)\C=C/C=C\C=N\C(C)=C\C=C\OCCCc1ccccc1.CN. The standard InChI is InChI=1S/C20H24ClN3O.CH5N/c1-19(23-15-7-4-8-16-24(21)22-2)11-9-17-25-18-10-14-20-12-5-3-6-13-20;1-2/h3-9,11-13,15-17H,2,10,14,18H2,1H3;2H2,1H3/b7-4-,16-8-,17-9+,19-11+,23-15+;. The molecule has 0 saturated heterocycles. The Morgan fingerprint density at radius 3 is 2.63 bits per heavy atom. The van der Waals surface area contributed by atoms with Gasteiger partial charge in [-0.2, -0.15) is 9.63 Å². The predicted molar refractivity (Wildman–Crippen MR) is 118 cm³/mol. The fourth-order valence-corrected chi connectivity index (χ4v) is 1.86. The van der Waals surface area contributed by atoms with Gasteiger partial charge in [0, 0.05) is 36.6 Å². The molecule has 0 unspecified atom stereocenters. The van der Waals surface area contributed by atoms with E-state index >= 15 is 0 Å². The van der Waals surface area contributed by atoms with Crippen LogP contribution >= 0.6 is 11.8 Å². The minimum absolute atomic E-state index is 0.702. The zero-order chi connectivity index (χ0) is 20.2. The van der Waals surface area contributed by atoms with E-state index < -0.39 is 0 Å². The van der Waals surface area contributed by atoms with Crippen LogP contribution in [-0.2, 0) is 11.2 Å². The molecule has 0 radical (unpaired) electrons. The largest absolute Gasteiger partial charge is 0.501 e. The molecule has 5 nitrogen and oxygen atoms in total. The van der Waals surface area contributed by atoms with E-state index in [-0.39, 0.29) is 0 Å². The highest BCUT2D eigenvalue weighted by Crippen LogP contribution is 2.02. The molecule has 0 aliphatic heterocycles. The lowest BCUT2D eigenvalue weighted by atomic mass is 10.1. The smallest absolute Gasteiger partial charge is 0.0876 e. The minimum atomic E-state index is 0.702. The van der Waals surface area contributed by atoms with Gasteiger partial charge in [-0.3, -0.25) is 4.99 Å². The van der Waals surface area contributed by atoms with E-state index in [9.17, 15) is 0 Å². The summed E-state index contributed by atoms with van der Waals surface area (Å²) in [5.74, 6) is 0. The zero-order valence-electron chi connectivity index (χ0n) is 16.0. The first-order valence-electron chi connectivity index (χ1n) is 8.58. The van der Waals surface area contributed by atoms with Crippen molar-refractivity contribution in [1.29, 1.82) is 0 Å². The van der Waals surface area contributed by atoms with Crippen LogP contribution in [0.3, 0.4) is 0 Å². The maximum atomic E-state index is 5.58. The van der Waals surface area contributed by atoms with Crippen LogP contribution in [0.25, 0.3) is 0 Å². The van der Waals surface area contributed by atoms with Gasteiger partial charge < -0.3 is 10.5 Å². The number of nitrogens with two attached hydrogens (primary N) is 1. The number of nitrogens with zero attached hydrogens (tertiary/aromatic N) is 3. The van der Waals surface area contributed by atoms with Crippen LogP contribution in [0.15, 0.2) is 89.0 Å². The molecule has 0 aromatic heterocycles. The highest BCUT2D eigenvalue weighted by molar-refractivity contribution is 6.13. The molecular weight excluding hydrogens is 360 g/mol. The molecule has 146 valence electrons. The average molecular weight is 389 g/mol. The monoisotopic (exact) mass is 388 g/mol. The van der Waals surface area contributed by atoms with E-state index in [0.717, 1.165) is 23.1 Å². The molecule has 2 N–H and O–H groups in total. The summed E-state index contributed by atoms with van der Waals surface area (Å²) >= 11 is 5.58. The molecular formula is C21H29ClN4O. The molecule has 0 spiro atoms. The van der Waals surface area contributed by atoms with Crippen molar-refractivity contribution in [3.05, 3.63) is 84.4 Å². The Hall–Kier alpha value is -2.63. The van der Waals surface area contributed by atoms with Crippen LogP contribution in [0.2, 0.25) is 0 Å². The number of rotatable bonds is 11. The number of aliphatic imine (C=N–C) groups is 1. The zero-order valence-corrected chi connectivity index (χ0v) is 16.8. The highest BCUT2D eigenvalue weighted by Gasteiger charge is 1.90. The summed E-state index contributed by atoms with van der Waals surface area (Å²) in [6.07, 6.45) is 16.0. The first-order chi connectivity index (χ1) is 13.2. The van der Waals surface area contributed by atoms with Gasteiger partial charge in [-0.25, -0.2) is 0 Å². The van der Waals surface area contributed by atoms with Crippen molar-refractivity contribution < 1.29 is 4.74 Å². The van der Waals surface area contributed by atoms with Gasteiger partial charge in [-0.05, 0) is 56.7 Å². The number of benzene rings is 1. The summed E-state index contributed by atoms with van der Waals surface area (Å²) in [5.41, 5.74) is 6.71. The summed E-state index contributed by atoms with van der Waals surface area (Å²) in [5, 5.41) is 3.48. The van der Waals surface area contributed by atoms with Crippen molar-refractivity contribution in [2.75, 3.05) is 13.7 Å². The van der Waals surface area contributed by atoms with Gasteiger partial charge in [0.2, 0.25) is 0 Å². The maximum Gasteiger partial charge on any atom is 0.0876 e. The van der Waals surface area contributed by atoms with Crippen LogP contribution < -0.4 is 5.73 Å². The first kappa shape index (κ1) is 24.4. The molecule has 27 heavy (non-hydrogen) atoms. The van der Waals surface area contributed by atoms with E-state index in [1.165, 1.54) is 12.6 Å². The van der Waals surface area contributed by atoms with E-state index in [4.69, 9.17) is 16.5 Å².